The Morgan fingerprint density at radius 2 is 1.38 bits per heavy atom. The molecule has 0 fully saturated rings. The Hall–Kier alpha value is -3.03. The Kier molecular flexibility index (Phi) is 9.31. The van der Waals surface area contributed by atoms with Gasteiger partial charge in [0.15, 0.2) is 17.5 Å². The lowest BCUT2D eigenvalue weighted by Gasteiger charge is -1.99. The summed E-state index contributed by atoms with van der Waals surface area (Å²) in [5.74, 6) is -7.66. The van der Waals surface area contributed by atoms with E-state index < -0.39 is 35.1 Å². The van der Waals surface area contributed by atoms with Crippen LogP contribution in [0.1, 0.15) is 0 Å². The van der Waals surface area contributed by atoms with E-state index in [2.05, 4.69) is 11.3 Å². The second-order valence-corrected chi connectivity index (χ2v) is 3.79. The van der Waals surface area contributed by atoms with Crippen molar-refractivity contribution < 1.29 is 36.3 Å². The van der Waals surface area contributed by atoms with E-state index in [1.807, 2.05) is 6.79 Å². The van der Waals surface area contributed by atoms with Gasteiger partial charge in [-0.1, -0.05) is 24.8 Å². The predicted molar refractivity (Wildman–Crippen MR) is 75.7 cm³/mol. The van der Waals surface area contributed by atoms with Crippen molar-refractivity contribution in [3.63, 3.8) is 0 Å². The molecular weight excluding hydrogens is 335 g/mol. The molecule has 2 aromatic carbocycles. The quantitative estimate of drug-likeness (QED) is 0.205. The summed E-state index contributed by atoms with van der Waals surface area (Å²) in [7, 11) is 0. The first-order chi connectivity index (χ1) is 11.3. The van der Waals surface area contributed by atoms with Gasteiger partial charge in [0.05, 0.1) is 0 Å². The zero-order valence-electron chi connectivity index (χ0n) is 12.1. The molecule has 0 bridgehead atoms. The molecule has 0 saturated heterocycles. The summed E-state index contributed by atoms with van der Waals surface area (Å²) in [4.78, 5) is 18.6. The van der Waals surface area contributed by atoms with E-state index >= 15 is 0 Å². The molecule has 0 saturated carbocycles. The number of carbonyl (C=O) groups is 2. The fourth-order valence-electron chi connectivity index (χ4n) is 1.18. The fraction of sp³-hybridized carbons (Fsp3) is 0. The minimum absolute atomic E-state index is 0.276. The van der Waals surface area contributed by atoms with Gasteiger partial charge in [0, 0.05) is 12.1 Å². The molecule has 0 unspecified atom stereocenters. The number of esters is 1. The number of hydrogen-bond donors (Lipinski definition) is 0. The van der Waals surface area contributed by atoms with Crippen molar-refractivity contribution in [2.45, 2.75) is 0 Å². The molecule has 0 radical (unpaired) electrons. The average Bonchev–Trinajstić information content (AvgIpc) is 2.56. The normalized spacial score (nSPS) is 8.88. The molecule has 2 aromatic rings. The maximum absolute atomic E-state index is 12.1. The van der Waals surface area contributed by atoms with Crippen molar-refractivity contribution in [1.82, 2.24) is 0 Å². The van der Waals surface area contributed by atoms with E-state index in [4.69, 9.17) is 4.79 Å². The third-order valence-corrected chi connectivity index (χ3v) is 2.12. The van der Waals surface area contributed by atoms with E-state index in [9.17, 15) is 26.7 Å². The maximum Gasteiger partial charge on any atom is 0.371 e. The van der Waals surface area contributed by atoms with Gasteiger partial charge in [-0.3, -0.25) is 0 Å². The molecular formula is C16H11F5O3. The van der Waals surface area contributed by atoms with Crippen LogP contribution in [0.25, 0.3) is 0 Å². The molecule has 24 heavy (non-hydrogen) atoms. The van der Waals surface area contributed by atoms with Gasteiger partial charge in [-0.25, -0.2) is 22.4 Å². The molecule has 0 atom stereocenters. The topological polar surface area (TPSA) is 43.4 Å². The summed E-state index contributed by atoms with van der Waals surface area (Å²) in [6.45, 7) is 4.81. The van der Waals surface area contributed by atoms with Crippen molar-refractivity contribution in [1.29, 1.82) is 0 Å². The first-order valence-electron chi connectivity index (χ1n) is 6.01. The zero-order valence-corrected chi connectivity index (χ0v) is 12.1. The summed E-state index contributed by atoms with van der Waals surface area (Å²) in [6.07, 6.45) is 0. The highest BCUT2D eigenvalue weighted by atomic mass is 19.2. The first-order valence-corrected chi connectivity index (χ1v) is 6.01. The van der Waals surface area contributed by atoms with Gasteiger partial charge in [0.2, 0.25) is 5.83 Å². The maximum atomic E-state index is 12.1. The summed E-state index contributed by atoms with van der Waals surface area (Å²) < 4.78 is 64.6. The van der Waals surface area contributed by atoms with Crippen LogP contribution in [-0.4, -0.2) is 12.8 Å². The zero-order chi connectivity index (χ0) is 18.7. The first kappa shape index (κ1) is 21.0. The van der Waals surface area contributed by atoms with Crippen LogP contribution in [0.4, 0.5) is 22.0 Å². The van der Waals surface area contributed by atoms with E-state index in [-0.39, 0.29) is 12.1 Å². The Morgan fingerprint density at radius 3 is 1.79 bits per heavy atom. The number of ether oxygens (including phenoxy) is 1. The largest absolute Gasteiger partial charge is 0.421 e. The van der Waals surface area contributed by atoms with Crippen LogP contribution in [0.5, 0.6) is 5.75 Å². The number of benzene rings is 2. The summed E-state index contributed by atoms with van der Waals surface area (Å²) in [5, 5.41) is 0. The molecule has 3 nitrogen and oxygen atoms in total. The standard InChI is InChI=1S/C9H7FO2.C6H2F4.CH2O/c1-7(10)9(11)12-8-5-3-2-4-6-8;7-3-1-4(8)6(10)5(9)2-3;1-2/h2-6H,1H2;1-2H;1H2. The third-order valence-electron chi connectivity index (χ3n) is 2.12. The molecule has 0 aliphatic heterocycles. The van der Waals surface area contributed by atoms with Crippen LogP contribution in [0.15, 0.2) is 54.9 Å². The van der Waals surface area contributed by atoms with Gasteiger partial charge in [0.1, 0.15) is 18.4 Å². The van der Waals surface area contributed by atoms with Gasteiger partial charge >= 0.3 is 5.97 Å². The lowest BCUT2D eigenvalue weighted by atomic mass is 10.3. The molecule has 8 heteroatoms. The number of carbonyl (C=O) groups excluding carboxylic acids is 2. The SMILES string of the molecule is C=C(F)C(=O)Oc1ccccc1.C=O.Fc1cc(F)c(F)c(F)c1. The number of para-hydroxylation sites is 1. The molecule has 0 aromatic heterocycles. The highest BCUT2D eigenvalue weighted by Gasteiger charge is 2.09. The van der Waals surface area contributed by atoms with Crippen LogP contribution in [-0.2, 0) is 9.59 Å². The Bertz CT molecular complexity index is 666. The van der Waals surface area contributed by atoms with E-state index in [0.717, 1.165) is 0 Å². The molecule has 2 rings (SSSR count). The Morgan fingerprint density at radius 1 is 0.917 bits per heavy atom. The minimum Gasteiger partial charge on any atom is -0.421 e. The molecule has 0 heterocycles. The molecule has 0 spiro atoms. The van der Waals surface area contributed by atoms with Gasteiger partial charge in [-0.15, -0.1) is 0 Å². The second kappa shape index (κ2) is 10.7. The lowest BCUT2D eigenvalue weighted by Crippen LogP contribution is -2.06. The van der Waals surface area contributed by atoms with Gasteiger partial charge in [-0.2, -0.15) is 4.39 Å². The van der Waals surface area contributed by atoms with Crippen LogP contribution in [0, 0.1) is 23.3 Å². The molecule has 0 aliphatic carbocycles. The lowest BCUT2D eigenvalue weighted by molar-refractivity contribution is -0.131. The summed E-state index contributed by atoms with van der Waals surface area (Å²) in [6, 6.07) is 8.80. The predicted octanol–water partition coefficient (Wildman–Crippen LogP) is 4.13. The highest BCUT2D eigenvalue weighted by Crippen LogP contribution is 2.12. The Labute approximate surface area is 134 Å². The van der Waals surface area contributed by atoms with Crippen molar-refractivity contribution >= 4 is 12.8 Å². The monoisotopic (exact) mass is 346 g/mol. The summed E-state index contributed by atoms with van der Waals surface area (Å²) >= 11 is 0. The van der Waals surface area contributed by atoms with Crippen LogP contribution in [0.2, 0.25) is 0 Å². The smallest absolute Gasteiger partial charge is 0.371 e. The fourth-order valence-corrected chi connectivity index (χ4v) is 1.18. The second-order valence-electron chi connectivity index (χ2n) is 3.79. The minimum atomic E-state index is -1.65. The molecule has 0 aliphatic rings. The molecule has 0 amide bonds. The van der Waals surface area contributed by atoms with E-state index in [1.54, 1.807) is 30.3 Å². The number of halogens is 5. The van der Waals surface area contributed by atoms with Gasteiger partial charge < -0.3 is 9.53 Å². The number of rotatable bonds is 2. The van der Waals surface area contributed by atoms with Crippen molar-refractivity contribution in [2.24, 2.45) is 0 Å². The highest BCUT2D eigenvalue weighted by molar-refractivity contribution is 5.87. The summed E-state index contributed by atoms with van der Waals surface area (Å²) in [5.41, 5.74) is 0. The molecule has 0 N–H and O–H groups in total. The Balaban J connectivity index is 0.000000405. The van der Waals surface area contributed by atoms with E-state index in [1.165, 1.54) is 0 Å². The van der Waals surface area contributed by atoms with E-state index in [0.29, 0.717) is 5.75 Å². The third kappa shape index (κ3) is 7.30. The van der Waals surface area contributed by atoms with Gasteiger partial charge in [-0.05, 0) is 12.1 Å². The van der Waals surface area contributed by atoms with Crippen molar-refractivity contribution in [3.05, 3.63) is 78.1 Å². The van der Waals surface area contributed by atoms with Crippen molar-refractivity contribution in [2.75, 3.05) is 0 Å². The average molecular weight is 346 g/mol. The van der Waals surface area contributed by atoms with Crippen LogP contribution in [0.3, 0.4) is 0 Å². The van der Waals surface area contributed by atoms with Crippen LogP contribution >= 0.6 is 0 Å². The molecule has 128 valence electrons. The van der Waals surface area contributed by atoms with Crippen molar-refractivity contribution in [3.8, 4) is 5.75 Å². The van der Waals surface area contributed by atoms with Gasteiger partial charge in [0.25, 0.3) is 0 Å². The number of hydrogen-bond acceptors (Lipinski definition) is 3. The van der Waals surface area contributed by atoms with Crippen LogP contribution < -0.4 is 4.74 Å².